The van der Waals surface area contributed by atoms with Crippen molar-refractivity contribution in [1.82, 2.24) is 0 Å². The van der Waals surface area contributed by atoms with Crippen molar-refractivity contribution in [2.45, 2.75) is 12.8 Å². The molecule has 1 aliphatic carbocycles. The quantitative estimate of drug-likeness (QED) is 0.643. The van der Waals surface area contributed by atoms with E-state index in [0.29, 0.717) is 0 Å². The minimum absolute atomic E-state index is 0.595. The summed E-state index contributed by atoms with van der Waals surface area (Å²) in [6.45, 7) is 0. The van der Waals surface area contributed by atoms with Crippen molar-refractivity contribution >= 4 is 17.6 Å². The van der Waals surface area contributed by atoms with Crippen molar-refractivity contribution < 1.29 is 9.90 Å². The normalized spacial score (nSPS) is 22.3. The van der Waals surface area contributed by atoms with Crippen LogP contribution in [0.1, 0.15) is 12.8 Å². The number of rotatable bonds is 2. The SMILES string of the molecule is O=C(O)C1(C=CCl)CC1. The molecule has 1 rings (SSSR count). The van der Waals surface area contributed by atoms with E-state index < -0.39 is 11.4 Å². The van der Waals surface area contributed by atoms with E-state index in [2.05, 4.69) is 0 Å². The van der Waals surface area contributed by atoms with Crippen molar-refractivity contribution in [1.29, 1.82) is 0 Å². The highest BCUT2D eigenvalue weighted by Gasteiger charge is 2.47. The number of hydrogen-bond donors (Lipinski definition) is 1. The largest absolute Gasteiger partial charge is 0.481 e. The number of carboxylic acid groups (broad SMARTS) is 1. The molecule has 1 fully saturated rings. The Kier molecular flexibility index (Phi) is 1.49. The molecule has 0 aromatic carbocycles. The first-order valence-electron chi connectivity index (χ1n) is 2.73. The average Bonchev–Trinajstić information content (AvgIpc) is 2.49. The molecule has 1 saturated carbocycles. The van der Waals surface area contributed by atoms with Crippen LogP contribution in [-0.2, 0) is 4.79 Å². The summed E-state index contributed by atoms with van der Waals surface area (Å²) < 4.78 is 0. The Morgan fingerprint density at radius 2 is 2.22 bits per heavy atom. The third-order valence-corrected chi connectivity index (χ3v) is 1.72. The fraction of sp³-hybridized carbons (Fsp3) is 0.500. The second-order valence-electron chi connectivity index (χ2n) is 2.25. The van der Waals surface area contributed by atoms with Crippen LogP contribution in [0.4, 0.5) is 0 Å². The maximum atomic E-state index is 10.4. The molecule has 1 aliphatic rings. The maximum absolute atomic E-state index is 10.4. The minimum Gasteiger partial charge on any atom is -0.481 e. The van der Waals surface area contributed by atoms with Gasteiger partial charge >= 0.3 is 5.97 Å². The van der Waals surface area contributed by atoms with Gasteiger partial charge < -0.3 is 5.11 Å². The molecule has 50 valence electrons. The van der Waals surface area contributed by atoms with Crippen LogP contribution in [0.2, 0.25) is 0 Å². The van der Waals surface area contributed by atoms with Crippen molar-refractivity contribution in [2.75, 3.05) is 0 Å². The summed E-state index contributed by atoms with van der Waals surface area (Å²) in [4.78, 5) is 10.4. The van der Waals surface area contributed by atoms with Crippen LogP contribution in [0.15, 0.2) is 11.6 Å². The summed E-state index contributed by atoms with van der Waals surface area (Å²) in [5.41, 5.74) is 0.683. The summed E-state index contributed by atoms with van der Waals surface area (Å²) in [6, 6.07) is 0. The van der Waals surface area contributed by atoms with E-state index in [1.165, 1.54) is 11.6 Å². The number of carboxylic acids is 1. The zero-order valence-electron chi connectivity index (χ0n) is 4.80. The standard InChI is InChI=1S/C6H7ClO2/c7-4-3-6(1-2-6)5(8)9/h3-4H,1-2H2,(H,8,9). The zero-order valence-corrected chi connectivity index (χ0v) is 5.56. The first kappa shape index (κ1) is 6.62. The first-order chi connectivity index (χ1) is 4.21. The molecule has 0 unspecified atom stereocenters. The molecule has 0 aliphatic heterocycles. The molecule has 0 atom stereocenters. The molecule has 9 heavy (non-hydrogen) atoms. The highest BCUT2D eigenvalue weighted by molar-refractivity contribution is 6.25. The van der Waals surface area contributed by atoms with Gasteiger partial charge in [0.25, 0.3) is 0 Å². The molecule has 0 aromatic rings. The molecule has 0 saturated heterocycles. The third-order valence-electron chi connectivity index (χ3n) is 1.60. The summed E-state index contributed by atoms with van der Waals surface area (Å²) in [5.74, 6) is -0.764. The van der Waals surface area contributed by atoms with E-state index in [-0.39, 0.29) is 0 Å². The molecule has 2 nitrogen and oxygen atoms in total. The Morgan fingerprint density at radius 1 is 1.67 bits per heavy atom. The highest BCUT2D eigenvalue weighted by atomic mass is 35.5. The fourth-order valence-electron chi connectivity index (χ4n) is 0.707. The lowest BCUT2D eigenvalue weighted by atomic mass is 10.1. The molecule has 0 aromatic heterocycles. The van der Waals surface area contributed by atoms with E-state index >= 15 is 0 Å². The molecule has 0 spiro atoms. The summed E-state index contributed by atoms with van der Waals surface area (Å²) >= 11 is 5.23. The number of hydrogen-bond acceptors (Lipinski definition) is 1. The zero-order chi connectivity index (χ0) is 6.91. The van der Waals surface area contributed by atoms with Crippen LogP contribution in [0.3, 0.4) is 0 Å². The number of carbonyl (C=O) groups is 1. The van der Waals surface area contributed by atoms with Crippen molar-refractivity contribution in [3.05, 3.63) is 11.6 Å². The van der Waals surface area contributed by atoms with Gasteiger partial charge in [0.15, 0.2) is 0 Å². The van der Waals surface area contributed by atoms with Crippen LogP contribution in [0.5, 0.6) is 0 Å². The predicted molar refractivity (Wildman–Crippen MR) is 34.3 cm³/mol. The Bertz CT molecular complexity index is 158. The van der Waals surface area contributed by atoms with Gasteiger partial charge in [-0.2, -0.15) is 0 Å². The number of halogens is 1. The minimum atomic E-state index is -0.764. The van der Waals surface area contributed by atoms with Gasteiger partial charge in [-0.15, -0.1) is 0 Å². The maximum Gasteiger partial charge on any atom is 0.313 e. The monoisotopic (exact) mass is 146 g/mol. The van der Waals surface area contributed by atoms with Gasteiger partial charge in [-0.1, -0.05) is 17.7 Å². The molecule has 0 heterocycles. The predicted octanol–water partition coefficient (Wildman–Crippen LogP) is 1.60. The lowest BCUT2D eigenvalue weighted by Gasteiger charge is -1.98. The fourth-order valence-corrected chi connectivity index (χ4v) is 0.948. The molecular formula is C6H7ClO2. The summed E-state index contributed by atoms with van der Waals surface area (Å²) in [5, 5.41) is 8.52. The highest BCUT2D eigenvalue weighted by Crippen LogP contribution is 2.47. The van der Waals surface area contributed by atoms with E-state index in [0.717, 1.165) is 12.8 Å². The van der Waals surface area contributed by atoms with Gasteiger partial charge in [0.2, 0.25) is 0 Å². The Labute approximate surface area is 58.1 Å². The van der Waals surface area contributed by atoms with E-state index in [1.54, 1.807) is 0 Å². The molecule has 1 N–H and O–H groups in total. The van der Waals surface area contributed by atoms with Gasteiger partial charge in [-0.3, -0.25) is 4.79 Å². The lowest BCUT2D eigenvalue weighted by molar-refractivity contribution is -0.141. The molecule has 0 radical (unpaired) electrons. The smallest absolute Gasteiger partial charge is 0.313 e. The summed E-state index contributed by atoms with van der Waals surface area (Å²) in [6.07, 6.45) is 2.99. The Morgan fingerprint density at radius 3 is 2.33 bits per heavy atom. The number of aliphatic carboxylic acids is 1. The second-order valence-corrected chi connectivity index (χ2v) is 2.51. The first-order valence-corrected chi connectivity index (χ1v) is 3.16. The van der Waals surface area contributed by atoms with Crippen molar-refractivity contribution in [2.24, 2.45) is 5.41 Å². The molecule has 0 amide bonds. The second kappa shape index (κ2) is 2.03. The Hall–Kier alpha value is -0.500. The van der Waals surface area contributed by atoms with Gasteiger partial charge in [0, 0.05) is 5.54 Å². The van der Waals surface area contributed by atoms with Gasteiger partial charge in [-0.05, 0) is 12.8 Å². The van der Waals surface area contributed by atoms with E-state index in [1.807, 2.05) is 0 Å². The molecular weight excluding hydrogens is 140 g/mol. The molecule has 0 bridgehead atoms. The average molecular weight is 147 g/mol. The van der Waals surface area contributed by atoms with E-state index in [9.17, 15) is 4.79 Å². The van der Waals surface area contributed by atoms with Crippen molar-refractivity contribution in [3.63, 3.8) is 0 Å². The van der Waals surface area contributed by atoms with Gasteiger partial charge in [0.1, 0.15) is 0 Å². The third kappa shape index (κ3) is 1.08. The van der Waals surface area contributed by atoms with Crippen LogP contribution in [-0.4, -0.2) is 11.1 Å². The molecule has 3 heteroatoms. The lowest BCUT2D eigenvalue weighted by Crippen LogP contribution is -2.10. The van der Waals surface area contributed by atoms with Crippen LogP contribution in [0.25, 0.3) is 0 Å². The topological polar surface area (TPSA) is 37.3 Å². The van der Waals surface area contributed by atoms with Gasteiger partial charge in [-0.25, -0.2) is 0 Å². The van der Waals surface area contributed by atoms with Crippen LogP contribution < -0.4 is 0 Å². The van der Waals surface area contributed by atoms with Gasteiger partial charge in [0.05, 0.1) is 5.41 Å². The van der Waals surface area contributed by atoms with Crippen LogP contribution >= 0.6 is 11.6 Å². The van der Waals surface area contributed by atoms with E-state index in [4.69, 9.17) is 16.7 Å². The summed E-state index contributed by atoms with van der Waals surface area (Å²) in [7, 11) is 0. The van der Waals surface area contributed by atoms with Crippen LogP contribution in [0, 0.1) is 5.41 Å². The Balaban J connectivity index is 2.63. The van der Waals surface area contributed by atoms with Crippen molar-refractivity contribution in [3.8, 4) is 0 Å².